The Morgan fingerprint density at radius 1 is 0.913 bits per heavy atom. The molecule has 0 heterocycles. The van der Waals surface area contributed by atoms with E-state index in [9.17, 15) is 0 Å². The molecule has 1 rings (SSSR count). The molecule has 0 spiro atoms. The van der Waals surface area contributed by atoms with Crippen LogP contribution in [0.1, 0.15) is 65.2 Å². The highest BCUT2D eigenvalue weighted by atomic mass is 31.1. The highest BCUT2D eigenvalue weighted by Crippen LogP contribution is 2.44. The van der Waals surface area contributed by atoms with Gasteiger partial charge in [0.2, 0.25) is 0 Å². The summed E-state index contributed by atoms with van der Waals surface area (Å²) in [6.45, 7) is 22.4. The molecule has 1 atom stereocenters. The van der Waals surface area contributed by atoms with Crippen LogP contribution in [0.2, 0.25) is 0 Å². The Hall–Kier alpha value is -0.830. The Kier molecular flexibility index (Phi) is 6.88. The van der Waals surface area contributed by atoms with Crippen LogP contribution in [0.3, 0.4) is 0 Å². The highest BCUT2D eigenvalue weighted by molar-refractivity contribution is 7.68. The Morgan fingerprint density at radius 3 is 1.70 bits per heavy atom. The van der Waals surface area contributed by atoms with Gasteiger partial charge in [0.15, 0.2) is 0 Å². The van der Waals surface area contributed by atoms with Crippen LogP contribution in [0.15, 0.2) is 12.1 Å². The van der Waals surface area contributed by atoms with Crippen LogP contribution in [0.4, 0.5) is 0 Å². The van der Waals surface area contributed by atoms with Crippen molar-refractivity contribution in [2.75, 3.05) is 0 Å². The zero-order valence-corrected chi connectivity index (χ0v) is 17.6. The smallest absolute Gasteiger partial charge is 0.0772 e. The molecule has 1 nitrogen and oxygen atoms in total. The van der Waals surface area contributed by atoms with Crippen molar-refractivity contribution in [1.82, 2.24) is 4.67 Å². The molecule has 1 unspecified atom stereocenters. The van der Waals surface area contributed by atoms with Crippen molar-refractivity contribution in [1.29, 1.82) is 0 Å². The molecule has 0 saturated carbocycles. The fourth-order valence-corrected chi connectivity index (χ4v) is 5.63. The van der Waals surface area contributed by atoms with E-state index in [4.69, 9.17) is 0 Å². The van der Waals surface area contributed by atoms with Gasteiger partial charge in [-0.25, -0.2) is 0 Å². The monoisotopic (exact) mass is 331 g/mol. The summed E-state index contributed by atoms with van der Waals surface area (Å²) in [4.78, 5) is 0. The molecule has 1 aromatic carbocycles. The van der Waals surface area contributed by atoms with E-state index in [1.807, 2.05) is 0 Å². The van der Waals surface area contributed by atoms with Gasteiger partial charge >= 0.3 is 0 Å². The molecule has 0 fully saturated rings. The number of aryl methyl sites for hydroxylation is 3. The first kappa shape index (κ1) is 20.2. The molecule has 2 heteroatoms. The fraction of sp³-hybridized carbons (Fsp3) is 0.619. The number of nitrogens with zero attached hydrogens (tertiary/aromatic N) is 1. The maximum Gasteiger partial charge on any atom is 0.0772 e. The second-order valence-electron chi connectivity index (χ2n) is 8.11. The third-order valence-electron chi connectivity index (χ3n) is 3.67. The predicted molar refractivity (Wildman–Crippen MR) is 107 cm³/mol. The molecule has 1 aromatic rings. The number of rotatable bonds is 4. The molecule has 0 saturated heterocycles. The molecule has 0 aliphatic carbocycles. The molecule has 23 heavy (non-hydrogen) atoms. The summed E-state index contributed by atoms with van der Waals surface area (Å²) in [5, 5.41) is 1.45. The van der Waals surface area contributed by atoms with Crippen LogP contribution in [0, 0.1) is 37.8 Å². The molecule has 0 amide bonds. The lowest BCUT2D eigenvalue weighted by Crippen LogP contribution is -2.36. The molecule has 0 N–H and O–H groups in total. The van der Waals surface area contributed by atoms with Gasteiger partial charge in [-0.15, -0.1) is 0 Å². The van der Waals surface area contributed by atoms with Crippen LogP contribution < -0.4 is 5.30 Å². The number of hydrogen-bond acceptors (Lipinski definition) is 1. The van der Waals surface area contributed by atoms with Crippen molar-refractivity contribution in [3.63, 3.8) is 0 Å². The molecular weight excluding hydrogens is 297 g/mol. The average molecular weight is 331 g/mol. The Balaban J connectivity index is 3.55. The zero-order valence-electron chi connectivity index (χ0n) is 16.7. The maximum atomic E-state index is 3.68. The van der Waals surface area contributed by atoms with E-state index in [2.05, 4.69) is 97.6 Å². The van der Waals surface area contributed by atoms with E-state index in [1.165, 1.54) is 22.0 Å². The van der Waals surface area contributed by atoms with Crippen molar-refractivity contribution < 1.29 is 0 Å². The van der Waals surface area contributed by atoms with Crippen molar-refractivity contribution in [2.45, 2.75) is 81.3 Å². The Morgan fingerprint density at radius 2 is 1.35 bits per heavy atom. The fourth-order valence-electron chi connectivity index (χ4n) is 3.01. The van der Waals surface area contributed by atoms with Gasteiger partial charge in [-0.1, -0.05) is 29.3 Å². The van der Waals surface area contributed by atoms with E-state index in [0.29, 0.717) is 12.1 Å². The van der Waals surface area contributed by atoms with Gasteiger partial charge in [0, 0.05) is 22.8 Å². The minimum atomic E-state index is -0.644. The molecule has 128 valence electrons. The minimum Gasteiger partial charge on any atom is -0.263 e. The van der Waals surface area contributed by atoms with Crippen molar-refractivity contribution in [2.24, 2.45) is 5.41 Å². The SMILES string of the molecule is Cc1cc(C)c(P(C#CC(C)(C)C)N(C(C)C)C(C)C)c(C)c1. The second kappa shape index (κ2) is 7.83. The summed E-state index contributed by atoms with van der Waals surface area (Å²) >= 11 is 0. The number of benzene rings is 1. The van der Waals surface area contributed by atoms with E-state index in [0.717, 1.165) is 0 Å². The summed E-state index contributed by atoms with van der Waals surface area (Å²) in [5.41, 5.74) is 7.81. The van der Waals surface area contributed by atoms with Crippen LogP contribution in [-0.2, 0) is 0 Å². The first-order valence-corrected chi connectivity index (χ1v) is 9.92. The first-order valence-electron chi connectivity index (χ1n) is 8.63. The first-order chi connectivity index (χ1) is 10.4. The summed E-state index contributed by atoms with van der Waals surface area (Å²) in [5.74, 6) is 3.52. The summed E-state index contributed by atoms with van der Waals surface area (Å²) in [6.07, 6.45) is 0. The summed E-state index contributed by atoms with van der Waals surface area (Å²) < 4.78 is 2.60. The molecule has 0 aliphatic heterocycles. The lowest BCUT2D eigenvalue weighted by atomic mass is 9.99. The summed E-state index contributed by atoms with van der Waals surface area (Å²) in [7, 11) is -0.644. The van der Waals surface area contributed by atoms with E-state index in [1.54, 1.807) is 0 Å². The standard InChI is InChI=1S/C21H34NP/c1-15(2)22(16(3)4)23(12-11-21(8,9)10)20-18(6)13-17(5)14-19(20)7/h13-16H,1-10H3. The van der Waals surface area contributed by atoms with Gasteiger partial charge in [-0.05, 0) is 80.4 Å². The topological polar surface area (TPSA) is 3.24 Å². The molecule has 0 bridgehead atoms. The minimum absolute atomic E-state index is 0.0344. The van der Waals surface area contributed by atoms with Crippen LogP contribution in [0.25, 0.3) is 0 Å². The van der Waals surface area contributed by atoms with E-state index < -0.39 is 8.07 Å². The molecule has 0 aromatic heterocycles. The third-order valence-corrected chi connectivity index (χ3v) is 6.51. The Bertz CT molecular complexity index is 565. The lowest BCUT2D eigenvalue weighted by molar-refractivity contribution is 0.327. The van der Waals surface area contributed by atoms with Crippen LogP contribution in [-0.4, -0.2) is 16.8 Å². The molecular formula is C21H34NP. The highest BCUT2D eigenvalue weighted by Gasteiger charge is 2.27. The van der Waals surface area contributed by atoms with Gasteiger partial charge in [0.05, 0.1) is 8.07 Å². The average Bonchev–Trinajstić information content (AvgIpc) is 2.32. The largest absolute Gasteiger partial charge is 0.263 e. The van der Waals surface area contributed by atoms with E-state index >= 15 is 0 Å². The van der Waals surface area contributed by atoms with Gasteiger partial charge in [0.1, 0.15) is 0 Å². The van der Waals surface area contributed by atoms with Gasteiger partial charge in [-0.3, -0.25) is 4.67 Å². The van der Waals surface area contributed by atoms with Crippen molar-refractivity contribution in [3.8, 4) is 11.6 Å². The maximum absolute atomic E-state index is 3.68. The van der Waals surface area contributed by atoms with Crippen molar-refractivity contribution >= 4 is 13.4 Å². The van der Waals surface area contributed by atoms with Crippen LogP contribution >= 0.6 is 8.07 Å². The quantitative estimate of drug-likeness (QED) is 0.501. The van der Waals surface area contributed by atoms with Gasteiger partial charge < -0.3 is 0 Å². The Labute approximate surface area is 145 Å². The van der Waals surface area contributed by atoms with Gasteiger partial charge in [0.25, 0.3) is 0 Å². The molecule has 0 aliphatic rings. The third kappa shape index (κ3) is 5.63. The van der Waals surface area contributed by atoms with Gasteiger partial charge in [-0.2, -0.15) is 0 Å². The van der Waals surface area contributed by atoms with Crippen LogP contribution in [0.5, 0.6) is 0 Å². The zero-order chi connectivity index (χ0) is 17.9. The van der Waals surface area contributed by atoms with E-state index in [-0.39, 0.29) is 5.41 Å². The normalized spacial score (nSPS) is 13.4. The lowest BCUT2D eigenvalue weighted by Gasteiger charge is -2.36. The van der Waals surface area contributed by atoms with Crippen molar-refractivity contribution in [3.05, 3.63) is 28.8 Å². The summed E-state index contributed by atoms with van der Waals surface area (Å²) in [6, 6.07) is 5.57. The second-order valence-corrected chi connectivity index (χ2v) is 9.87. The number of hydrogen-bond donors (Lipinski definition) is 0. The predicted octanol–water partition coefficient (Wildman–Crippen LogP) is 5.76. The molecule has 0 radical (unpaired) electrons.